The number of hydrogen-bond acceptors (Lipinski definition) is 8. The van der Waals surface area contributed by atoms with E-state index in [4.69, 9.17) is 17.0 Å². The van der Waals surface area contributed by atoms with Gasteiger partial charge in [0.15, 0.2) is 0 Å². The third-order valence-electron chi connectivity index (χ3n) is 5.48. The average molecular weight is 503 g/mol. The van der Waals surface area contributed by atoms with E-state index < -0.39 is 0 Å². The van der Waals surface area contributed by atoms with E-state index in [-0.39, 0.29) is 24.3 Å². The third kappa shape index (κ3) is 6.39. The van der Waals surface area contributed by atoms with Crippen LogP contribution in [0, 0.1) is 6.92 Å². The van der Waals surface area contributed by atoms with Crippen LogP contribution in [-0.2, 0) is 9.59 Å². The molecule has 0 atom stereocenters. The topological polar surface area (TPSA) is 84.4 Å². The highest BCUT2D eigenvalue weighted by atomic mass is 32.2. The van der Waals surface area contributed by atoms with Crippen LogP contribution in [0.25, 0.3) is 6.08 Å². The van der Waals surface area contributed by atoms with Crippen LogP contribution >= 0.6 is 35.3 Å². The van der Waals surface area contributed by atoms with Gasteiger partial charge in [0.1, 0.15) is 15.1 Å². The molecule has 33 heavy (non-hydrogen) atoms. The van der Waals surface area contributed by atoms with Crippen molar-refractivity contribution in [1.29, 1.82) is 0 Å². The van der Waals surface area contributed by atoms with E-state index in [0.29, 0.717) is 27.3 Å². The quantitative estimate of drug-likeness (QED) is 0.393. The molecule has 1 saturated carbocycles. The van der Waals surface area contributed by atoms with Crippen molar-refractivity contribution in [2.45, 2.75) is 58.0 Å². The van der Waals surface area contributed by atoms with Crippen molar-refractivity contribution in [2.24, 2.45) is 0 Å². The monoisotopic (exact) mass is 502 g/mol. The first-order chi connectivity index (χ1) is 16.0. The number of carbonyl (C=O) groups excluding carboxylic acids is 2. The van der Waals surface area contributed by atoms with Crippen molar-refractivity contribution in [3.05, 3.63) is 39.7 Å². The summed E-state index contributed by atoms with van der Waals surface area (Å²) in [4.78, 5) is 27.3. The fraction of sp³-hybridized carbons (Fsp3) is 0.435. The van der Waals surface area contributed by atoms with Gasteiger partial charge in [-0.05, 0) is 51.2 Å². The van der Waals surface area contributed by atoms with Crippen LogP contribution in [-0.4, -0.2) is 43.9 Å². The SMILES string of the molecule is Cc1nnc(NC(=O)CCCN2C(=O)/C(=C/c3ccccc3OC3CCCCC3)SC2=S)s1. The number of aromatic nitrogens is 2. The smallest absolute Gasteiger partial charge is 0.266 e. The fourth-order valence-corrected chi connectivity index (χ4v) is 5.74. The van der Waals surface area contributed by atoms with Gasteiger partial charge in [0.05, 0.1) is 11.0 Å². The summed E-state index contributed by atoms with van der Waals surface area (Å²) in [6.45, 7) is 2.22. The molecule has 0 spiro atoms. The summed E-state index contributed by atoms with van der Waals surface area (Å²) in [7, 11) is 0. The van der Waals surface area contributed by atoms with Gasteiger partial charge >= 0.3 is 0 Å². The molecule has 1 aliphatic carbocycles. The van der Waals surface area contributed by atoms with Crippen LogP contribution in [0.15, 0.2) is 29.2 Å². The molecule has 0 radical (unpaired) electrons. The Morgan fingerprint density at radius 3 is 2.82 bits per heavy atom. The van der Waals surface area contributed by atoms with Crippen LogP contribution in [0.3, 0.4) is 0 Å². The summed E-state index contributed by atoms with van der Waals surface area (Å²) in [5, 5.41) is 11.8. The van der Waals surface area contributed by atoms with Crippen molar-refractivity contribution in [3.8, 4) is 5.75 Å². The van der Waals surface area contributed by atoms with Crippen molar-refractivity contribution in [2.75, 3.05) is 11.9 Å². The minimum atomic E-state index is -0.152. The van der Waals surface area contributed by atoms with Gasteiger partial charge in [-0.2, -0.15) is 0 Å². The minimum absolute atomic E-state index is 0.127. The number of aryl methyl sites for hydroxylation is 1. The lowest BCUT2D eigenvalue weighted by Gasteiger charge is -2.23. The Morgan fingerprint density at radius 2 is 2.06 bits per heavy atom. The summed E-state index contributed by atoms with van der Waals surface area (Å²) >= 11 is 8.06. The number of benzene rings is 1. The standard InChI is InChI=1S/C23H26N4O3S3/c1-15-25-26-22(32-15)24-20(28)12-7-13-27-21(29)19(33-23(27)31)14-16-8-5-6-11-18(16)30-17-9-3-2-4-10-17/h5-6,8,11,14,17H,2-4,7,9-10,12-13H2,1H3,(H,24,26,28)/b19-14-. The summed E-state index contributed by atoms with van der Waals surface area (Å²) in [5.41, 5.74) is 0.885. The summed E-state index contributed by atoms with van der Waals surface area (Å²) < 4.78 is 6.77. The molecule has 2 amide bonds. The average Bonchev–Trinajstić information content (AvgIpc) is 3.33. The molecule has 0 unspecified atom stereocenters. The Morgan fingerprint density at radius 1 is 1.27 bits per heavy atom. The zero-order chi connectivity index (χ0) is 23.2. The number of ether oxygens (including phenoxy) is 1. The Kier molecular flexibility index (Phi) is 8.11. The second-order valence-electron chi connectivity index (χ2n) is 8.03. The second kappa shape index (κ2) is 11.2. The predicted octanol–water partition coefficient (Wildman–Crippen LogP) is 5.18. The van der Waals surface area contributed by atoms with Gasteiger partial charge in [0.25, 0.3) is 5.91 Å². The van der Waals surface area contributed by atoms with E-state index in [1.807, 2.05) is 37.3 Å². The number of nitrogens with one attached hydrogen (secondary N) is 1. The van der Waals surface area contributed by atoms with Gasteiger partial charge in [-0.25, -0.2) is 0 Å². The third-order valence-corrected chi connectivity index (χ3v) is 7.61. The molecule has 0 bridgehead atoms. The number of thiocarbonyl (C=S) groups is 1. The van der Waals surface area contributed by atoms with Crippen molar-refractivity contribution in [3.63, 3.8) is 0 Å². The van der Waals surface area contributed by atoms with Crippen LogP contribution in [0.5, 0.6) is 5.75 Å². The molecule has 1 N–H and O–H groups in total. The van der Waals surface area contributed by atoms with Gasteiger partial charge in [0.2, 0.25) is 11.0 Å². The van der Waals surface area contributed by atoms with Gasteiger partial charge in [-0.1, -0.05) is 59.9 Å². The van der Waals surface area contributed by atoms with Crippen LogP contribution in [0.1, 0.15) is 55.5 Å². The second-order valence-corrected chi connectivity index (χ2v) is 10.9. The lowest BCUT2D eigenvalue weighted by Crippen LogP contribution is -2.29. The minimum Gasteiger partial charge on any atom is -0.490 e. The number of carbonyl (C=O) groups is 2. The number of rotatable bonds is 8. The van der Waals surface area contributed by atoms with Crippen LogP contribution in [0.2, 0.25) is 0 Å². The molecular formula is C23H26N4O3S3. The first-order valence-electron chi connectivity index (χ1n) is 11.1. The Labute approximate surface area is 207 Å². The molecule has 10 heteroatoms. The molecule has 2 aliphatic rings. The van der Waals surface area contributed by atoms with Gasteiger partial charge in [0, 0.05) is 18.5 Å². The molecule has 2 aromatic rings. The Balaban J connectivity index is 1.34. The normalized spacial score (nSPS) is 18.2. The largest absolute Gasteiger partial charge is 0.490 e. The summed E-state index contributed by atoms with van der Waals surface area (Å²) in [5.74, 6) is 0.525. The lowest BCUT2D eigenvalue weighted by molar-refractivity contribution is -0.122. The Hall–Kier alpha value is -2.30. The molecule has 174 valence electrons. The fourth-order valence-electron chi connectivity index (χ4n) is 3.83. The van der Waals surface area contributed by atoms with E-state index in [2.05, 4.69) is 15.5 Å². The van der Waals surface area contributed by atoms with E-state index >= 15 is 0 Å². The zero-order valence-corrected chi connectivity index (χ0v) is 20.9. The molecular weight excluding hydrogens is 476 g/mol. The molecule has 4 rings (SSSR count). The molecule has 1 aliphatic heterocycles. The molecule has 2 heterocycles. The summed E-state index contributed by atoms with van der Waals surface area (Å²) in [6.07, 6.45) is 8.68. The van der Waals surface area contributed by atoms with Crippen LogP contribution < -0.4 is 10.1 Å². The number of hydrogen-bond donors (Lipinski definition) is 1. The zero-order valence-electron chi connectivity index (χ0n) is 18.4. The van der Waals surface area contributed by atoms with E-state index in [1.165, 1.54) is 42.4 Å². The number of para-hydroxylation sites is 1. The highest BCUT2D eigenvalue weighted by Gasteiger charge is 2.32. The van der Waals surface area contributed by atoms with Crippen molar-refractivity contribution >= 4 is 62.7 Å². The highest BCUT2D eigenvalue weighted by Crippen LogP contribution is 2.35. The molecule has 7 nitrogen and oxygen atoms in total. The number of anilines is 1. The maximum Gasteiger partial charge on any atom is 0.266 e. The first-order valence-corrected chi connectivity index (χ1v) is 13.1. The predicted molar refractivity (Wildman–Crippen MR) is 136 cm³/mol. The van der Waals surface area contributed by atoms with Crippen molar-refractivity contribution in [1.82, 2.24) is 15.1 Å². The highest BCUT2D eigenvalue weighted by molar-refractivity contribution is 8.26. The van der Waals surface area contributed by atoms with E-state index in [1.54, 1.807) is 4.90 Å². The number of amides is 2. The molecule has 1 aromatic heterocycles. The Bertz CT molecular complexity index is 1060. The van der Waals surface area contributed by atoms with E-state index in [0.717, 1.165) is 29.2 Å². The molecule has 1 aromatic carbocycles. The molecule has 2 fully saturated rings. The molecule has 1 saturated heterocycles. The van der Waals surface area contributed by atoms with Gasteiger partial charge in [-0.15, -0.1) is 10.2 Å². The van der Waals surface area contributed by atoms with Crippen molar-refractivity contribution < 1.29 is 14.3 Å². The van der Waals surface area contributed by atoms with Gasteiger partial charge < -0.3 is 10.1 Å². The lowest BCUT2D eigenvalue weighted by atomic mass is 9.97. The maximum atomic E-state index is 13.0. The first kappa shape index (κ1) is 23.8. The number of nitrogens with zero attached hydrogens (tertiary/aromatic N) is 3. The van der Waals surface area contributed by atoms with Crippen LogP contribution in [0.4, 0.5) is 5.13 Å². The van der Waals surface area contributed by atoms with Gasteiger partial charge in [-0.3, -0.25) is 14.5 Å². The maximum absolute atomic E-state index is 13.0. The number of thioether (sulfide) groups is 1. The van der Waals surface area contributed by atoms with E-state index in [9.17, 15) is 9.59 Å². The summed E-state index contributed by atoms with van der Waals surface area (Å²) in [6, 6.07) is 7.82.